The Hall–Kier alpha value is 1.14. The molecule has 1 rings (SSSR count). The van der Waals surface area contributed by atoms with Gasteiger partial charge in [0.1, 0.15) is 10.0 Å². The Balaban J connectivity index is 0.00000225. The number of rotatable bonds is 1. The van der Waals surface area contributed by atoms with Crippen molar-refractivity contribution < 1.29 is 9.53 Å². The number of esters is 1. The molecule has 0 aromatic heterocycles. The zero-order valence-electron chi connectivity index (χ0n) is 7.21. The molecule has 0 heterocycles. The summed E-state index contributed by atoms with van der Waals surface area (Å²) < 4.78 is 4.76. The van der Waals surface area contributed by atoms with Crippen molar-refractivity contribution >= 4 is 93.5 Å². The van der Waals surface area contributed by atoms with E-state index >= 15 is 0 Å². The van der Waals surface area contributed by atoms with Crippen LogP contribution in [0.15, 0.2) is 0 Å². The molecule has 2 nitrogen and oxygen atoms in total. The van der Waals surface area contributed by atoms with Crippen LogP contribution in [-0.4, -0.2) is 35.5 Å². The predicted octanol–water partition coefficient (Wildman–Crippen LogP) is 4.23. The van der Waals surface area contributed by atoms with Crippen LogP contribution in [-0.2, 0) is 4.79 Å². The number of halogens is 5. The molecule has 0 bridgehead atoms. The Labute approximate surface area is 139 Å². The first kappa shape index (κ1) is 17.1. The van der Waals surface area contributed by atoms with E-state index in [9.17, 15) is 4.79 Å². The van der Waals surface area contributed by atoms with Crippen molar-refractivity contribution in [3.63, 3.8) is 0 Å². The summed E-state index contributed by atoms with van der Waals surface area (Å²) in [6.07, 6.45) is 0. The molecule has 0 aliphatic heterocycles. The Morgan fingerprint density at radius 3 is 1.50 bits per heavy atom. The van der Waals surface area contributed by atoms with E-state index in [0.717, 1.165) is 0 Å². The summed E-state index contributed by atoms with van der Waals surface area (Å²) in [5, 5.41) is -0.102. The third kappa shape index (κ3) is 3.56. The number of carbonyl (C=O) groups is 1. The molecule has 8 heteroatoms. The van der Waals surface area contributed by atoms with Gasteiger partial charge in [-0.1, -0.05) is 58.0 Å². The van der Waals surface area contributed by atoms with E-state index in [-0.39, 0.29) is 60.4 Å². The van der Waals surface area contributed by atoms with Crippen LogP contribution in [0.5, 0.6) is 5.75 Å². The van der Waals surface area contributed by atoms with Crippen LogP contribution < -0.4 is 4.74 Å². The van der Waals surface area contributed by atoms with Gasteiger partial charge in [-0.2, -0.15) is 0 Å². The van der Waals surface area contributed by atoms with Gasteiger partial charge in [0.2, 0.25) is 0 Å². The first-order valence-corrected chi connectivity index (χ1v) is 5.45. The average molecular weight is 332 g/mol. The van der Waals surface area contributed by atoms with E-state index in [1.165, 1.54) is 6.92 Å². The summed E-state index contributed by atoms with van der Waals surface area (Å²) in [7, 11) is 0. The van der Waals surface area contributed by atoms with E-state index in [4.69, 9.17) is 62.7 Å². The third-order valence-electron chi connectivity index (χ3n) is 1.42. The van der Waals surface area contributed by atoms with Crippen molar-refractivity contribution in [3.05, 3.63) is 25.1 Å². The molecule has 0 saturated heterocycles. The molecule has 0 amide bonds. The number of ether oxygens (including phenoxy) is 1. The van der Waals surface area contributed by atoms with Crippen LogP contribution in [0.1, 0.15) is 6.92 Å². The molecular weight excluding hydrogens is 328 g/mol. The van der Waals surface area contributed by atoms with Gasteiger partial charge in [0.25, 0.3) is 0 Å². The number of hydrogen-bond acceptors (Lipinski definition) is 2. The van der Waals surface area contributed by atoms with Gasteiger partial charge in [-0.3, -0.25) is 4.79 Å². The zero-order valence-corrected chi connectivity index (χ0v) is 11.0. The van der Waals surface area contributed by atoms with Crippen LogP contribution in [0.4, 0.5) is 0 Å². The molecule has 1 aromatic rings. The van der Waals surface area contributed by atoms with Crippen molar-refractivity contribution in [3.8, 4) is 5.75 Å². The van der Waals surface area contributed by atoms with Gasteiger partial charge in [0, 0.05) is 6.92 Å². The Morgan fingerprint density at radius 1 is 0.875 bits per heavy atom. The molecule has 0 aliphatic carbocycles. The number of hydrogen-bond donors (Lipinski definition) is 0. The molecule has 0 N–H and O–H groups in total. The van der Waals surface area contributed by atoms with Gasteiger partial charge in [-0.05, 0) is 0 Å². The summed E-state index contributed by atoms with van der Waals surface area (Å²) in [5.41, 5.74) is 0. The predicted molar refractivity (Wildman–Crippen MR) is 70.0 cm³/mol. The second-order valence-corrected chi connectivity index (χ2v) is 4.38. The Morgan fingerprint density at radius 2 is 1.19 bits per heavy atom. The van der Waals surface area contributed by atoms with Gasteiger partial charge in [0.05, 0.1) is 15.1 Å². The SMILES string of the molecule is CC(=O)Oc1c(Cl)c(Cl)c(Cl)c(Cl)c1Cl.[NaH]. The molecule has 0 radical (unpaired) electrons. The van der Waals surface area contributed by atoms with Crippen molar-refractivity contribution in [1.29, 1.82) is 0 Å². The minimum absolute atomic E-state index is 0. The minimum atomic E-state index is -0.590. The fraction of sp³-hybridized carbons (Fsp3) is 0.125. The molecule has 0 fully saturated rings. The van der Waals surface area contributed by atoms with E-state index in [1.54, 1.807) is 0 Å². The van der Waals surface area contributed by atoms with Gasteiger partial charge in [0.15, 0.2) is 5.75 Å². The Kier molecular flexibility index (Phi) is 7.40. The van der Waals surface area contributed by atoms with Crippen molar-refractivity contribution in [2.24, 2.45) is 0 Å². The monoisotopic (exact) mass is 330 g/mol. The topological polar surface area (TPSA) is 26.3 Å². The number of benzene rings is 1. The standard InChI is InChI=1S/C8H3Cl5O2.Na.H/c1-2(14)15-8-6(12)4(10)3(9)5(11)7(8)13;;/h1H3;;. The molecule has 0 unspecified atom stereocenters. The Bertz CT molecular complexity index is 406. The molecular formula is C8H4Cl5NaO2. The van der Waals surface area contributed by atoms with Crippen molar-refractivity contribution in [1.82, 2.24) is 0 Å². The average Bonchev–Trinajstić information content (AvgIpc) is 2.18. The fourth-order valence-electron chi connectivity index (χ4n) is 0.818. The summed E-state index contributed by atoms with van der Waals surface area (Å²) in [6.45, 7) is 1.20. The molecule has 1 aromatic carbocycles. The molecule has 0 atom stereocenters. The van der Waals surface area contributed by atoms with Gasteiger partial charge < -0.3 is 4.74 Å². The van der Waals surface area contributed by atoms with Crippen LogP contribution in [0, 0.1) is 0 Å². The quantitative estimate of drug-likeness (QED) is 0.253. The normalized spacial score (nSPS) is 9.62. The van der Waals surface area contributed by atoms with E-state index in [2.05, 4.69) is 0 Å². The van der Waals surface area contributed by atoms with Crippen LogP contribution >= 0.6 is 58.0 Å². The molecule has 16 heavy (non-hydrogen) atoms. The summed E-state index contributed by atoms with van der Waals surface area (Å²) in [5.74, 6) is -0.682. The van der Waals surface area contributed by atoms with E-state index in [1.807, 2.05) is 0 Å². The van der Waals surface area contributed by atoms with Crippen molar-refractivity contribution in [2.45, 2.75) is 6.92 Å². The van der Waals surface area contributed by atoms with Crippen LogP contribution in [0.3, 0.4) is 0 Å². The zero-order chi connectivity index (χ0) is 11.7. The second-order valence-electron chi connectivity index (χ2n) is 2.49. The van der Waals surface area contributed by atoms with Gasteiger partial charge in [-0.15, -0.1) is 0 Å². The van der Waals surface area contributed by atoms with Gasteiger partial charge >= 0.3 is 35.5 Å². The molecule has 0 spiro atoms. The molecule has 0 aliphatic rings. The summed E-state index contributed by atoms with van der Waals surface area (Å²) in [6, 6.07) is 0. The van der Waals surface area contributed by atoms with Crippen LogP contribution in [0.25, 0.3) is 0 Å². The first-order valence-electron chi connectivity index (χ1n) is 3.56. The second kappa shape index (κ2) is 6.91. The first-order chi connectivity index (χ1) is 6.86. The van der Waals surface area contributed by atoms with Gasteiger partial charge in [-0.25, -0.2) is 0 Å². The fourth-order valence-corrected chi connectivity index (χ4v) is 2.02. The maximum absolute atomic E-state index is 10.8. The summed E-state index contributed by atoms with van der Waals surface area (Å²) in [4.78, 5) is 10.8. The molecule has 0 saturated carbocycles. The summed E-state index contributed by atoms with van der Waals surface area (Å²) >= 11 is 28.8. The van der Waals surface area contributed by atoms with Crippen molar-refractivity contribution in [2.75, 3.05) is 0 Å². The maximum atomic E-state index is 10.8. The van der Waals surface area contributed by atoms with E-state index in [0.29, 0.717) is 0 Å². The third-order valence-corrected chi connectivity index (χ3v) is 3.66. The molecule has 84 valence electrons. The van der Waals surface area contributed by atoms with Crippen LogP contribution in [0.2, 0.25) is 25.1 Å². The van der Waals surface area contributed by atoms with E-state index < -0.39 is 5.97 Å². The number of carbonyl (C=O) groups excluding carboxylic acids is 1.